The van der Waals surface area contributed by atoms with E-state index in [-0.39, 0.29) is 22.0 Å². The second-order valence-corrected chi connectivity index (χ2v) is 18.1. The number of hydrogen-bond acceptors (Lipinski definition) is 3. The van der Waals surface area contributed by atoms with Crippen LogP contribution in [0, 0.1) is 0 Å². The minimum atomic E-state index is -0.287. The topological polar surface area (TPSA) is 50.9 Å². The highest BCUT2D eigenvalue weighted by Crippen LogP contribution is 2.52. The Morgan fingerprint density at radius 2 is 1.21 bits per heavy atom. The van der Waals surface area contributed by atoms with Crippen molar-refractivity contribution in [2.75, 3.05) is 0 Å². The normalized spacial score (nSPS) is 13.5. The quantitative estimate of drug-likeness (QED) is 0.191. The molecule has 0 unspecified atom stereocenters. The molecule has 282 valence electrons. The largest absolute Gasteiger partial charge is 0.507 e. The van der Waals surface area contributed by atoms with E-state index in [4.69, 9.17) is 9.97 Å². The zero-order valence-electron chi connectivity index (χ0n) is 34.1. The maximum Gasteiger partial charge on any atom is 0.149 e. The summed E-state index contributed by atoms with van der Waals surface area (Å²) >= 11 is 0. The smallest absolute Gasteiger partial charge is 0.149 e. The van der Waals surface area contributed by atoms with Gasteiger partial charge in [-0.3, -0.25) is 9.55 Å². The van der Waals surface area contributed by atoms with Crippen molar-refractivity contribution < 1.29 is 5.11 Å². The lowest BCUT2D eigenvalue weighted by Gasteiger charge is -2.27. The lowest BCUT2D eigenvalue weighted by molar-refractivity contribution is 0.446. The van der Waals surface area contributed by atoms with Gasteiger partial charge in [0.2, 0.25) is 0 Å². The highest BCUT2D eigenvalue weighted by atomic mass is 16.3. The molecular weight excluding hydrogens is 695 g/mol. The van der Waals surface area contributed by atoms with E-state index in [0.717, 1.165) is 66.9 Å². The Morgan fingerprint density at radius 1 is 0.561 bits per heavy atom. The summed E-state index contributed by atoms with van der Waals surface area (Å²) in [5, 5.41) is 12.2. The highest BCUT2D eigenvalue weighted by molar-refractivity contribution is 5.98. The molecule has 8 aromatic rings. The monoisotopic (exact) mass is 743 g/mol. The van der Waals surface area contributed by atoms with Crippen LogP contribution in [0.3, 0.4) is 0 Å². The van der Waals surface area contributed by atoms with Gasteiger partial charge in [0.1, 0.15) is 11.6 Å². The van der Waals surface area contributed by atoms with E-state index >= 15 is 0 Å². The van der Waals surface area contributed by atoms with Crippen LogP contribution in [-0.2, 0) is 16.2 Å². The van der Waals surface area contributed by atoms with Crippen LogP contribution in [0.25, 0.3) is 72.7 Å². The van der Waals surface area contributed by atoms with Gasteiger partial charge in [-0.15, -0.1) is 0 Å². The van der Waals surface area contributed by atoms with E-state index in [1.165, 1.54) is 22.3 Å². The third kappa shape index (κ3) is 6.06. The van der Waals surface area contributed by atoms with Crippen LogP contribution in [0.4, 0.5) is 0 Å². The van der Waals surface area contributed by atoms with E-state index in [2.05, 4.69) is 193 Å². The fourth-order valence-corrected chi connectivity index (χ4v) is 8.81. The molecule has 0 bridgehead atoms. The third-order valence-corrected chi connectivity index (χ3v) is 11.8. The minimum Gasteiger partial charge on any atom is -0.507 e. The van der Waals surface area contributed by atoms with Gasteiger partial charge in [0.15, 0.2) is 0 Å². The van der Waals surface area contributed by atoms with E-state index < -0.39 is 0 Å². The molecule has 6 aromatic carbocycles. The summed E-state index contributed by atoms with van der Waals surface area (Å²) in [6, 6.07) is 49.5. The van der Waals surface area contributed by atoms with Gasteiger partial charge < -0.3 is 5.11 Å². The number of aromatic hydroxyl groups is 1. The molecule has 57 heavy (non-hydrogen) atoms. The Balaban J connectivity index is 1.33. The Kier molecular flexibility index (Phi) is 8.40. The van der Waals surface area contributed by atoms with Gasteiger partial charge in [0.25, 0.3) is 0 Å². The molecule has 0 spiro atoms. The van der Waals surface area contributed by atoms with Gasteiger partial charge in [-0.1, -0.05) is 146 Å². The minimum absolute atomic E-state index is 0.146. The molecule has 1 aliphatic rings. The number of phenols is 1. The number of imidazole rings is 1. The molecule has 2 heterocycles. The van der Waals surface area contributed by atoms with Crippen molar-refractivity contribution in [3.63, 3.8) is 0 Å². The molecule has 0 atom stereocenters. The average Bonchev–Trinajstić information content (AvgIpc) is 3.70. The Morgan fingerprint density at radius 3 is 1.93 bits per heavy atom. The summed E-state index contributed by atoms with van der Waals surface area (Å²) in [5.41, 5.74) is 16.4. The van der Waals surface area contributed by atoms with E-state index in [1.54, 1.807) is 0 Å². The molecule has 1 N–H and O–H groups in total. The number of phenolic OH excluding ortho intramolecular Hbond substituents is 1. The Hall–Kier alpha value is -6.26. The van der Waals surface area contributed by atoms with Crippen LogP contribution in [0.2, 0.25) is 0 Å². The summed E-state index contributed by atoms with van der Waals surface area (Å²) < 4.78 is 2.21. The van der Waals surface area contributed by atoms with Crippen LogP contribution < -0.4 is 0 Å². The van der Waals surface area contributed by atoms with Crippen molar-refractivity contribution in [1.82, 2.24) is 14.5 Å². The molecule has 2 aromatic heterocycles. The van der Waals surface area contributed by atoms with Gasteiger partial charge in [0.05, 0.1) is 22.3 Å². The van der Waals surface area contributed by atoms with Gasteiger partial charge >= 0.3 is 0 Å². The van der Waals surface area contributed by atoms with Crippen LogP contribution in [-0.4, -0.2) is 19.6 Å². The first kappa shape index (κ1) is 36.4. The van der Waals surface area contributed by atoms with Crippen LogP contribution in [0.1, 0.15) is 77.6 Å². The van der Waals surface area contributed by atoms with Gasteiger partial charge in [0, 0.05) is 34.0 Å². The first-order valence-electron chi connectivity index (χ1n) is 20.0. The maximum absolute atomic E-state index is 12.2. The maximum atomic E-state index is 12.2. The predicted molar refractivity (Wildman–Crippen MR) is 237 cm³/mol. The van der Waals surface area contributed by atoms with Crippen molar-refractivity contribution in [1.29, 1.82) is 0 Å². The summed E-state index contributed by atoms with van der Waals surface area (Å²) in [6.45, 7) is 17.8. The van der Waals surface area contributed by atoms with E-state index in [9.17, 15) is 5.11 Å². The lowest BCUT2D eigenvalue weighted by Crippen LogP contribution is -2.17. The lowest BCUT2D eigenvalue weighted by atomic mass is 9.79. The molecule has 4 heteroatoms. The zero-order chi connectivity index (χ0) is 39.9. The third-order valence-electron chi connectivity index (χ3n) is 11.8. The number of aromatic nitrogens is 3. The molecule has 0 amide bonds. The molecule has 0 saturated heterocycles. The van der Waals surface area contributed by atoms with Gasteiger partial charge in [-0.25, -0.2) is 4.98 Å². The fourth-order valence-electron chi connectivity index (χ4n) is 8.81. The Bertz CT molecular complexity index is 2830. The van der Waals surface area contributed by atoms with Crippen molar-refractivity contribution in [3.8, 4) is 67.5 Å². The molecule has 9 rings (SSSR count). The molecule has 0 saturated carbocycles. The second-order valence-electron chi connectivity index (χ2n) is 18.1. The van der Waals surface area contributed by atoms with Crippen LogP contribution in [0.15, 0.2) is 146 Å². The summed E-state index contributed by atoms with van der Waals surface area (Å²) in [4.78, 5) is 10.7. The second kappa shape index (κ2) is 13.2. The number of rotatable bonds is 5. The summed E-state index contributed by atoms with van der Waals surface area (Å²) in [5.74, 6) is 0.977. The van der Waals surface area contributed by atoms with Crippen molar-refractivity contribution >= 4 is 11.0 Å². The van der Waals surface area contributed by atoms with E-state index in [1.807, 2.05) is 12.3 Å². The van der Waals surface area contributed by atoms with Crippen molar-refractivity contribution in [2.45, 2.75) is 71.6 Å². The van der Waals surface area contributed by atoms with Gasteiger partial charge in [-0.2, -0.15) is 0 Å². The van der Waals surface area contributed by atoms with Crippen molar-refractivity contribution in [2.24, 2.45) is 0 Å². The molecule has 1 aliphatic carbocycles. The number of pyridine rings is 1. The molecular formula is C53H49N3O. The first-order chi connectivity index (χ1) is 27.2. The molecule has 0 fully saturated rings. The zero-order valence-corrected chi connectivity index (χ0v) is 34.1. The summed E-state index contributed by atoms with van der Waals surface area (Å²) in [7, 11) is 0. The number of fused-ring (bicyclic) bond motifs is 4. The molecule has 0 radical (unpaired) electrons. The number of nitrogens with zero attached hydrogens (tertiary/aromatic N) is 3. The standard InChI is InChI=1S/C53H49N3O/c1-51(2,3)37-31-42(49(57)44(32-37)52(4,5)6)50-55-48-39(23-17-25-45(48)56(50)38-20-13-10-14-21-38)35-28-34(33-18-11-9-12-19-33)29-36(30-35)47-46-41(26-27-54-47)40-22-15-16-24-43(40)53(46,7)8/h9-32,57H,1-8H3. The Labute approximate surface area is 336 Å². The van der Waals surface area contributed by atoms with Gasteiger partial charge in [-0.05, 0) is 104 Å². The van der Waals surface area contributed by atoms with Crippen LogP contribution >= 0.6 is 0 Å². The SMILES string of the molecule is CC(C)(C)c1cc(-c2nc3c(-c4cc(-c5ccccc5)cc(-c5nccc6c5C(C)(C)c5ccccc5-6)c4)cccc3n2-c2ccccc2)c(O)c(C(C)(C)C)c1. The number of para-hydroxylation sites is 2. The van der Waals surface area contributed by atoms with Crippen molar-refractivity contribution in [3.05, 3.63) is 168 Å². The first-order valence-corrected chi connectivity index (χ1v) is 20.0. The fraction of sp³-hybridized carbons (Fsp3) is 0.208. The number of benzene rings is 6. The van der Waals surface area contributed by atoms with Crippen LogP contribution in [0.5, 0.6) is 5.75 Å². The molecule has 0 aliphatic heterocycles. The highest BCUT2D eigenvalue weighted by Gasteiger charge is 2.38. The predicted octanol–water partition coefficient (Wildman–Crippen LogP) is 13.7. The number of hydrogen-bond donors (Lipinski definition) is 1. The summed E-state index contributed by atoms with van der Waals surface area (Å²) in [6.07, 6.45) is 1.96. The molecule has 4 nitrogen and oxygen atoms in total. The van der Waals surface area contributed by atoms with E-state index in [0.29, 0.717) is 5.82 Å². The average molecular weight is 744 g/mol.